The van der Waals surface area contributed by atoms with Crippen LogP contribution < -0.4 is 10.5 Å². The zero-order valence-electron chi connectivity index (χ0n) is 9.42. The van der Waals surface area contributed by atoms with Gasteiger partial charge in [-0.1, -0.05) is 34.4 Å². The number of rotatable bonds is 3. The fourth-order valence-electron chi connectivity index (χ4n) is 1.25. The smallest absolute Gasteiger partial charge is 0.322 e. The molecule has 0 saturated heterocycles. The summed E-state index contributed by atoms with van der Waals surface area (Å²) in [4.78, 5) is 7.85. The molecule has 2 aromatic rings. The number of oxime groups is 1. The Morgan fingerprint density at radius 3 is 2.84 bits per heavy atom. The Balaban J connectivity index is 2.31. The average Bonchev–Trinajstić information content (AvgIpc) is 2.43. The summed E-state index contributed by atoms with van der Waals surface area (Å²) < 4.78 is 5.39. The third kappa shape index (κ3) is 3.04. The predicted molar refractivity (Wildman–Crippen MR) is 71.1 cm³/mol. The van der Waals surface area contributed by atoms with Crippen molar-refractivity contribution in [1.82, 2.24) is 9.97 Å². The Morgan fingerprint density at radius 1 is 1.32 bits per heavy atom. The molecule has 0 aliphatic heterocycles. The molecule has 8 heteroatoms. The number of aromatic nitrogens is 2. The number of amidine groups is 1. The van der Waals surface area contributed by atoms with E-state index in [1.165, 1.54) is 12.3 Å². The van der Waals surface area contributed by atoms with Gasteiger partial charge in [0.15, 0.2) is 11.6 Å². The second kappa shape index (κ2) is 5.73. The number of benzene rings is 1. The number of hydrogen-bond donors (Lipinski definition) is 2. The van der Waals surface area contributed by atoms with Crippen LogP contribution in [0.15, 0.2) is 35.6 Å². The van der Waals surface area contributed by atoms with Crippen molar-refractivity contribution in [1.29, 1.82) is 0 Å². The van der Waals surface area contributed by atoms with Crippen molar-refractivity contribution in [2.24, 2.45) is 10.9 Å². The summed E-state index contributed by atoms with van der Waals surface area (Å²) in [7, 11) is 0. The largest absolute Gasteiger partial charge is 0.423 e. The van der Waals surface area contributed by atoms with Gasteiger partial charge in [0, 0.05) is 6.20 Å². The van der Waals surface area contributed by atoms with Crippen molar-refractivity contribution in [3.05, 3.63) is 46.2 Å². The first-order valence-corrected chi connectivity index (χ1v) is 5.80. The zero-order valence-corrected chi connectivity index (χ0v) is 10.9. The zero-order chi connectivity index (χ0) is 13.8. The topological polar surface area (TPSA) is 93.6 Å². The molecule has 1 heterocycles. The molecule has 3 N–H and O–H groups in total. The van der Waals surface area contributed by atoms with Crippen LogP contribution in [0.5, 0.6) is 11.8 Å². The molecule has 2 rings (SSSR count). The summed E-state index contributed by atoms with van der Waals surface area (Å²) in [5.41, 5.74) is 5.65. The van der Waals surface area contributed by atoms with E-state index in [9.17, 15) is 0 Å². The van der Waals surface area contributed by atoms with Crippen LogP contribution in [-0.4, -0.2) is 21.0 Å². The highest BCUT2D eigenvalue weighted by Gasteiger charge is 2.10. The molecule has 0 radical (unpaired) electrons. The molecule has 0 spiro atoms. The van der Waals surface area contributed by atoms with Crippen molar-refractivity contribution in [3.63, 3.8) is 0 Å². The van der Waals surface area contributed by atoms with Gasteiger partial charge in [0.1, 0.15) is 10.7 Å². The van der Waals surface area contributed by atoms with Crippen LogP contribution in [0.4, 0.5) is 0 Å². The number of hydrogen-bond acceptors (Lipinski definition) is 5. The Morgan fingerprint density at radius 2 is 2.11 bits per heavy atom. The maximum Gasteiger partial charge on any atom is 0.322 e. The van der Waals surface area contributed by atoms with Gasteiger partial charge in [0.2, 0.25) is 0 Å². The minimum absolute atomic E-state index is 0.00765. The maximum absolute atomic E-state index is 8.57. The molecule has 0 amide bonds. The molecule has 0 unspecified atom stereocenters. The number of nitrogens with two attached hydrogens (primary N) is 1. The lowest BCUT2D eigenvalue weighted by Crippen LogP contribution is -2.15. The van der Waals surface area contributed by atoms with E-state index >= 15 is 0 Å². The average molecular weight is 299 g/mol. The normalized spacial score (nSPS) is 11.4. The van der Waals surface area contributed by atoms with Crippen molar-refractivity contribution in [2.75, 3.05) is 0 Å². The van der Waals surface area contributed by atoms with E-state index in [0.717, 1.165) is 0 Å². The Hall–Kier alpha value is -2.05. The monoisotopic (exact) mass is 298 g/mol. The summed E-state index contributed by atoms with van der Waals surface area (Å²) in [6.07, 6.45) is 1.41. The van der Waals surface area contributed by atoms with Gasteiger partial charge in [0.05, 0.1) is 5.02 Å². The van der Waals surface area contributed by atoms with Crippen LogP contribution in [-0.2, 0) is 0 Å². The first-order valence-electron chi connectivity index (χ1n) is 5.04. The summed E-state index contributed by atoms with van der Waals surface area (Å²) in [6.45, 7) is 0. The Kier molecular flexibility index (Phi) is 4.03. The first kappa shape index (κ1) is 13.4. The van der Waals surface area contributed by atoms with Crippen LogP contribution in [0.3, 0.4) is 0 Å². The highest BCUT2D eigenvalue weighted by molar-refractivity contribution is 6.42. The third-order valence-corrected chi connectivity index (χ3v) is 2.92. The molecule has 1 aromatic heterocycles. The van der Waals surface area contributed by atoms with Crippen molar-refractivity contribution < 1.29 is 9.94 Å². The summed E-state index contributed by atoms with van der Waals surface area (Å²) in [5.74, 6) is 0.162. The fraction of sp³-hybridized carbons (Fsp3) is 0. The second-order valence-corrected chi connectivity index (χ2v) is 4.15. The van der Waals surface area contributed by atoms with E-state index in [2.05, 4.69) is 15.1 Å². The first-order chi connectivity index (χ1) is 9.11. The number of halogens is 2. The van der Waals surface area contributed by atoms with Gasteiger partial charge in [-0.05, 0) is 18.2 Å². The van der Waals surface area contributed by atoms with Gasteiger partial charge in [-0.15, -0.1) is 0 Å². The van der Waals surface area contributed by atoms with E-state index in [1.54, 1.807) is 18.2 Å². The quantitative estimate of drug-likeness (QED) is 0.393. The van der Waals surface area contributed by atoms with Crippen molar-refractivity contribution in [3.8, 4) is 11.8 Å². The van der Waals surface area contributed by atoms with Gasteiger partial charge >= 0.3 is 6.01 Å². The molecule has 0 atom stereocenters. The Labute approximate surface area is 118 Å². The third-order valence-electron chi connectivity index (χ3n) is 2.12. The van der Waals surface area contributed by atoms with Gasteiger partial charge < -0.3 is 15.7 Å². The number of nitrogens with zero attached hydrogens (tertiary/aromatic N) is 3. The Bertz CT molecular complexity index is 634. The minimum Gasteiger partial charge on any atom is -0.423 e. The molecule has 0 saturated carbocycles. The lowest BCUT2D eigenvalue weighted by Gasteiger charge is -2.07. The molecular weight excluding hydrogens is 291 g/mol. The maximum atomic E-state index is 8.57. The van der Waals surface area contributed by atoms with E-state index in [4.69, 9.17) is 38.9 Å². The standard InChI is InChI=1S/C11H8Cl2N4O2/c12-6-2-1-3-8(9(6)13)19-11-15-5-4-7(16-11)10(14)17-18/h1-5,18H,(H2,14,17). The second-order valence-electron chi connectivity index (χ2n) is 3.36. The molecule has 0 aliphatic rings. The van der Waals surface area contributed by atoms with Crippen LogP contribution in [0.25, 0.3) is 0 Å². The molecule has 19 heavy (non-hydrogen) atoms. The van der Waals surface area contributed by atoms with Gasteiger partial charge in [-0.2, -0.15) is 4.98 Å². The molecular formula is C11H8Cl2N4O2. The van der Waals surface area contributed by atoms with Gasteiger partial charge in [-0.25, -0.2) is 4.98 Å². The summed E-state index contributed by atoms with van der Waals surface area (Å²) >= 11 is 11.8. The number of ether oxygens (including phenoxy) is 1. The van der Waals surface area contributed by atoms with E-state index < -0.39 is 0 Å². The summed E-state index contributed by atoms with van der Waals surface area (Å²) in [5, 5.41) is 12.0. The highest BCUT2D eigenvalue weighted by atomic mass is 35.5. The predicted octanol–water partition coefficient (Wildman–Crippen LogP) is 2.67. The molecule has 98 valence electrons. The van der Waals surface area contributed by atoms with Gasteiger partial charge in [-0.3, -0.25) is 0 Å². The molecule has 0 bridgehead atoms. The molecule has 1 aromatic carbocycles. The van der Waals surface area contributed by atoms with Crippen LogP contribution in [0.2, 0.25) is 10.0 Å². The van der Waals surface area contributed by atoms with Gasteiger partial charge in [0.25, 0.3) is 0 Å². The SMILES string of the molecule is N/C(=N/O)c1ccnc(Oc2cccc(Cl)c2Cl)n1. The van der Waals surface area contributed by atoms with Crippen LogP contribution in [0.1, 0.15) is 5.69 Å². The fourth-order valence-corrected chi connectivity index (χ4v) is 1.58. The lowest BCUT2D eigenvalue weighted by atomic mass is 10.3. The van der Waals surface area contributed by atoms with Crippen molar-refractivity contribution in [2.45, 2.75) is 0 Å². The lowest BCUT2D eigenvalue weighted by molar-refractivity contribution is 0.318. The van der Waals surface area contributed by atoms with Crippen LogP contribution in [0, 0.1) is 0 Å². The molecule has 6 nitrogen and oxygen atoms in total. The highest BCUT2D eigenvalue weighted by Crippen LogP contribution is 2.33. The molecule has 0 fully saturated rings. The minimum atomic E-state index is -0.149. The van der Waals surface area contributed by atoms with Crippen LogP contribution >= 0.6 is 23.2 Å². The van der Waals surface area contributed by atoms with E-state index in [-0.39, 0.29) is 22.6 Å². The van der Waals surface area contributed by atoms with E-state index in [0.29, 0.717) is 10.8 Å². The van der Waals surface area contributed by atoms with Crippen molar-refractivity contribution >= 4 is 29.0 Å². The molecule has 0 aliphatic carbocycles. The van der Waals surface area contributed by atoms with E-state index in [1.807, 2.05) is 0 Å². The summed E-state index contributed by atoms with van der Waals surface area (Å²) in [6, 6.07) is 6.41.